The van der Waals surface area contributed by atoms with E-state index in [9.17, 15) is 0 Å². The Balaban J connectivity index is 2.00. The number of aromatic nitrogens is 2. The summed E-state index contributed by atoms with van der Waals surface area (Å²) in [6.07, 6.45) is -0.194. The van der Waals surface area contributed by atoms with Gasteiger partial charge in [-0.15, -0.1) is 5.10 Å². The lowest BCUT2D eigenvalue weighted by Crippen LogP contribution is -2.49. The minimum Gasteiger partial charge on any atom is -0.407 e. The van der Waals surface area contributed by atoms with Crippen LogP contribution in [0.3, 0.4) is 0 Å². The third-order valence-electron chi connectivity index (χ3n) is 3.07. The van der Waals surface area contributed by atoms with E-state index >= 15 is 0 Å². The van der Waals surface area contributed by atoms with Gasteiger partial charge in [-0.3, -0.25) is 0 Å². The van der Waals surface area contributed by atoms with Crippen LogP contribution < -0.4 is 10.2 Å². The second-order valence-corrected chi connectivity index (χ2v) is 5.15. The Hall–Kier alpha value is -1.18. The van der Waals surface area contributed by atoms with E-state index in [1.54, 1.807) is 0 Å². The summed E-state index contributed by atoms with van der Waals surface area (Å²) in [4.78, 5) is 1.98. The molecule has 1 aromatic rings. The number of nitrogens with one attached hydrogen (secondary N) is 1. The van der Waals surface area contributed by atoms with Crippen LogP contribution in [0.2, 0.25) is 0 Å². The topological polar surface area (TPSA) is 83.7 Å². The van der Waals surface area contributed by atoms with E-state index in [1.807, 2.05) is 11.8 Å². The van der Waals surface area contributed by atoms with E-state index in [0.29, 0.717) is 37.6 Å². The average Bonchev–Trinajstić information content (AvgIpc) is 2.85. The molecule has 2 N–H and O–H groups in total. The average molecular weight is 270 g/mol. The maximum Gasteiger partial charge on any atom is 0.318 e. The van der Waals surface area contributed by atoms with Gasteiger partial charge in [-0.2, -0.15) is 0 Å². The molecule has 0 aliphatic carbocycles. The largest absolute Gasteiger partial charge is 0.407 e. The number of aliphatic hydroxyl groups excluding tert-OH is 1. The molecule has 1 fully saturated rings. The van der Waals surface area contributed by atoms with E-state index in [-0.39, 0.29) is 18.8 Å². The van der Waals surface area contributed by atoms with Crippen LogP contribution in [0.4, 0.5) is 6.01 Å². The van der Waals surface area contributed by atoms with Crippen molar-refractivity contribution in [2.24, 2.45) is 0 Å². The lowest BCUT2D eigenvalue weighted by molar-refractivity contribution is -0.0118. The van der Waals surface area contributed by atoms with Crippen molar-refractivity contribution in [2.75, 3.05) is 24.7 Å². The molecule has 0 spiro atoms. The van der Waals surface area contributed by atoms with E-state index in [1.165, 1.54) is 0 Å². The molecule has 2 heterocycles. The molecule has 0 amide bonds. The van der Waals surface area contributed by atoms with Gasteiger partial charge in [0.2, 0.25) is 5.89 Å². The summed E-state index contributed by atoms with van der Waals surface area (Å²) >= 11 is 0. The second-order valence-electron chi connectivity index (χ2n) is 5.15. The molecule has 0 bridgehead atoms. The predicted octanol–water partition coefficient (Wildman–Crippen LogP) is 0.154. The molecular formula is C12H22N4O3. The first kappa shape index (κ1) is 14.2. The Morgan fingerprint density at radius 3 is 2.95 bits per heavy atom. The van der Waals surface area contributed by atoms with E-state index in [2.05, 4.69) is 29.4 Å². The number of ether oxygens (including phenoxy) is 1. The highest BCUT2D eigenvalue weighted by atomic mass is 16.5. The van der Waals surface area contributed by atoms with Crippen LogP contribution >= 0.6 is 0 Å². The molecule has 0 aromatic carbocycles. The molecule has 2 atom stereocenters. The summed E-state index contributed by atoms with van der Waals surface area (Å²) in [5, 5.41) is 20.5. The van der Waals surface area contributed by atoms with E-state index < -0.39 is 0 Å². The molecular weight excluding hydrogens is 248 g/mol. The van der Waals surface area contributed by atoms with Crippen molar-refractivity contribution in [3.8, 4) is 0 Å². The van der Waals surface area contributed by atoms with Gasteiger partial charge in [0, 0.05) is 6.04 Å². The molecule has 2 unspecified atom stereocenters. The van der Waals surface area contributed by atoms with Crippen LogP contribution in [-0.2, 0) is 11.3 Å². The monoisotopic (exact) mass is 270 g/mol. The number of aliphatic hydroxyl groups is 1. The van der Waals surface area contributed by atoms with Crippen molar-refractivity contribution in [3.63, 3.8) is 0 Å². The minimum atomic E-state index is -0.194. The Bertz CT molecular complexity index is 396. The second kappa shape index (κ2) is 6.31. The summed E-state index contributed by atoms with van der Waals surface area (Å²) in [6, 6.07) is 1.03. The number of anilines is 1. The highest BCUT2D eigenvalue weighted by Gasteiger charge is 2.29. The van der Waals surface area contributed by atoms with Gasteiger partial charge >= 0.3 is 6.01 Å². The molecule has 0 saturated carbocycles. The Kier molecular flexibility index (Phi) is 4.73. The van der Waals surface area contributed by atoms with Crippen LogP contribution in [0, 0.1) is 0 Å². The highest BCUT2D eigenvalue weighted by Crippen LogP contribution is 2.20. The van der Waals surface area contributed by atoms with Crippen molar-refractivity contribution in [2.45, 2.75) is 45.5 Å². The Morgan fingerprint density at radius 1 is 1.47 bits per heavy atom. The van der Waals surface area contributed by atoms with Crippen molar-refractivity contribution in [1.82, 2.24) is 15.5 Å². The number of hydrogen-bond donors (Lipinski definition) is 2. The van der Waals surface area contributed by atoms with Gasteiger partial charge in [-0.25, -0.2) is 0 Å². The van der Waals surface area contributed by atoms with Crippen molar-refractivity contribution < 1.29 is 14.3 Å². The van der Waals surface area contributed by atoms with Gasteiger partial charge in [0.15, 0.2) is 0 Å². The molecule has 2 rings (SSSR count). The zero-order valence-corrected chi connectivity index (χ0v) is 11.7. The first-order valence-corrected chi connectivity index (χ1v) is 6.65. The molecule has 0 radical (unpaired) electrons. The minimum absolute atomic E-state index is 0.000874. The standard InChI is InChI=1S/C12H22N4O3/c1-8(2)13-4-11-14-15-12(19-11)16-5-10(6-17)18-7-9(16)3/h8-10,13,17H,4-7H2,1-3H3. The number of rotatable bonds is 5. The maximum atomic E-state index is 9.16. The number of nitrogens with zero attached hydrogens (tertiary/aromatic N) is 3. The molecule has 7 nitrogen and oxygen atoms in total. The summed E-state index contributed by atoms with van der Waals surface area (Å²) < 4.78 is 11.1. The fourth-order valence-electron chi connectivity index (χ4n) is 1.92. The van der Waals surface area contributed by atoms with Crippen LogP contribution in [0.15, 0.2) is 4.42 Å². The van der Waals surface area contributed by atoms with Crippen molar-refractivity contribution in [1.29, 1.82) is 0 Å². The normalized spacial score (nSPS) is 24.2. The van der Waals surface area contributed by atoms with Crippen molar-refractivity contribution >= 4 is 6.01 Å². The van der Waals surface area contributed by atoms with E-state index in [0.717, 1.165) is 0 Å². The summed E-state index contributed by atoms with van der Waals surface area (Å²) in [5.41, 5.74) is 0. The fraction of sp³-hybridized carbons (Fsp3) is 0.833. The van der Waals surface area contributed by atoms with Gasteiger partial charge in [0.05, 0.1) is 38.4 Å². The Labute approximate surface area is 112 Å². The van der Waals surface area contributed by atoms with Gasteiger partial charge in [-0.1, -0.05) is 18.9 Å². The van der Waals surface area contributed by atoms with Crippen LogP contribution in [0.1, 0.15) is 26.7 Å². The highest BCUT2D eigenvalue weighted by molar-refractivity contribution is 5.27. The summed E-state index contributed by atoms with van der Waals surface area (Å²) in [7, 11) is 0. The first-order chi connectivity index (χ1) is 9.10. The zero-order valence-electron chi connectivity index (χ0n) is 11.7. The number of morpholine rings is 1. The quantitative estimate of drug-likeness (QED) is 0.788. The smallest absolute Gasteiger partial charge is 0.318 e. The molecule has 1 aliphatic heterocycles. The fourth-order valence-corrected chi connectivity index (χ4v) is 1.92. The van der Waals surface area contributed by atoms with Gasteiger partial charge < -0.3 is 24.5 Å². The Morgan fingerprint density at radius 2 is 2.26 bits per heavy atom. The third-order valence-corrected chi connectivity index (χ3v) is 3.07. The molecule has 1 saturated heterocycles. The molecule has 108 valence electrons. The number of hydrogen-bond acceptors (Lipinski definition) is 7. The van der Waals surface area contributed by atoms with Crippen molar-refractivity contribution in [3.05, 3.63) is 5.89 Å². The first-order valence-electron chi connectivity index (χ1n) is 6.65. The molecule has 1 aromatic heterocycles. The SMILES string of the molecule is CC(C)NCc1nnc(N2CC(CO)OCC2C)o1. The van der Waals surface area contributed by atoms with Gasteiger partial charge in [0.1, 0.15) is 0 Å². The van der Waals surface area contributed by atoms with Gasteiger partial charge in [0.25, 0.3) is 0 Å². The lowest BCUT2D eigenvalue weighted by atomic mass is 10.2. The summed E-state index contributed by atoms with van der Waals surface area (Å²) in [5.74, 6) is 0.572. The van der Waals surface area contributed by atoms with Crippen LogP contribution in [0.25, 0.3) is 0 Å². The van der Waals surface area contributed by atoms with Gasteiger partial charge in [-0.05, 0) is 6.92 Å². The molecule has 1 aliphatic rings. The molecule has 19 heavy (non-hydrogen) atoms. The predicted molar refractivity (Wildman–Crippen MR) is 69.9 cm³/mol. The van der Waals surface area contributed by atoms with Crippen LogP contribution in [-0.4, -0.2) is 53.3 Å². The maximum absolute atomic E-state index is 9.16. The zero-order chi connectivity index (χ0) is 13.8. The lowest BCUT2D eigenvalue weighted by Gasteiger charge is -2.35. The van der Waals surface area contributed by atoms with Crippen LogP contribution in [0.5, 0.6) is 0 Å². The third kappa shape index (κ3) is 3.65. The molecule has 7 heteroatoms. The van der Waals surface area contributed by atoms with E-state index in [4.69, 9.17) is 14.3 Å². The summed E-state index contributed by atoms with van der Waals surface area (Å²) in [6.45, 7) is 7.83.